The molecule has 0 fully saturated rings. The molecule has 2 rings (SSSR count). The molecule has 0 saturated heterocycles. The largest absolute Gasteiger partial charge is 0.433 e. The zero-order chi connectivity index (χ0) is 17.2. The molecule has 124 valence electrons. The number of rotatable bonds is 4. The van der Waals surface area contributed by atoms with Gasteiger partial charge in [0.15, 0.2) is 5.69 Å². The molecular formula is C15H16F3N3O2. The molecule has 0 spiro atoms. The van der Waals surface area contributed by atoms with E-state index < -0.39 is 29.4 Å². The van der Waals surface area contributed by atoms with Gasteiger partial charge in [0.2, 0.25) is 0 Å². The Kier molecular flexibility index (Phi) is 4.74. The third kappa shape index (κ3) is 3.70. The van der Waals surface area contributed by atoms with Crippen LogP contribution < -0.4 is 5.32 Å². The lowest BCUT2D eigenvalue weighted by molar-refractivity contribution is -0.145. The van der Waals surface area contributed by atoms with Gasteiger partial charge in [-0.3, -0.25) is 9.48 Å². The van der Waals surface area contributed by atoms with Crippen LogP contribution in [0.25, 0.3) is 0 Å². The molecule has 0 atom stereocenters. The molecule has 23 heavy (non-hydrogen) atoms. The van der Waals surface area contributed by atoms with Crippen LogP contribution in [0.2, 0.25) is 0 Å². The minimum atomic E-state index is -4.69. The molecular weight excluding hydrogens is 311 g/mol. The maximum absolute atomic E-state index is 13.2. The summed E-state index contributed by atoms with van der Waals surface area (Å²) in [6.07, 6.45) is -3.78. The van der Waals surface area contributed by atoms with Crippen molar-refractivity contribution in [2.75, 3.05) is 5.32 Å². The Hall–Kier alpha value is -2.35. The number of carbonyl (C=O) groups is 1. The van der Waals surface area contributed by atoms with Gasteiger partial charge in [-0.05, 0) is 31.5 Å². The first-order valence-electron chi connectivity index (χ1n) is 6.90. The highest BCUT2D eigenvalue weighted by Crippen LogP contribution is 2.33. The van der Waals surface area contributed by atoms with Crippen LogP contribution in [-0.2, 0) is 12.8 Å². The van der Waals surface area contributed by atoms with Crippen LogP contribution in [0.5, 0.6) is 0 Å². The molecule has 5 nitrogen and oxygen atoms in total. The number of hydrogen-bond acceptors (Lipinski definition) is 3. The van der Waals surface area contributed by atoms with Gasteiger partial charge >= 0.3 is 6.18 Å². The molecule has 0 unspecified atom stereocenters. The minimum Gasteiger partial charge on any atom is -0.392 e. The van der Waals surface area contributed by atoms with E-state index >= 15 is 0 Å². The molecule has 8 heteroatoms. The predicted octanol–water partition coefficient (Wildman–Crippen LogP) is 3.23. The van der Waals surface area contributed by atoms with Gasteiger partial charge in [-0.2, -0.15) is 18.3 Å². The number of halogens is 3. The Bertz CT molecular complexity index is 708. The van der Waals surface area contributed by atoms with Crippen LogP contribution in [0.15, 0.2) is 30.5 Å². The molecule has 1 amide bonds. The van der Waals surface area contributed by atoms with E-state index in [2.05, 4.69) is 10.4 Å². The van der Waals surface area contributed by atoms with Crippen LogP contribution in [0.4, 0.5) is 18.9 Å². The lowest BCUT2D eigenvalue weighted by Crippen LogP contribution is -2.22. The van der Waals surface area contributed by atoms with Crippen LogP contribution in [0, 0.1) is 0 Å². The average molecular weight is 327 g/mol. The highest BCUT2D eigenvalue weighted by atomic mass is 19.4. The first-order chi connectivity index (χ1) is 10.7. The first kappa shape index (κ1) is 17.0. The topological polar surface area (TPSA) is 67.2 Å². The summed E-state index contributed by atoms with van der Waals surface area (Å²) in [7, 11) is 0. The lowest BCUT2D eigenvalue weighted by Gasteiger charge is -2.15. The Balaban J connectivity index is 2.36. The third-order valence-corrected chi connectivity index (χ3v) is 3.17. The van der Waals surface area contributed by atoms with Crippen molar-refractivity contribution < 1.29 is 23.1 Å². The fraction of sp³-hybridized carbons (Fsp3) is 0.333. The molecule has 0 aliphatic rings. The van der Waals surface area contributed by atoms with E-state index in [9.17, 15) is 18.0 Å². The summed E-state index contributed by atoms with van der Waals surface area (Å²) >= 11 is 0. The number of aromatic nitrogens is 2. The summed E-state index contributed by atoms with van der Waals surface area (Å²) in [6.45, 7) is 2.87. The van der Waals surface area contributed by atoms with E-state index in [1.807, 2.05) is 0 Å². The van der Waals surface area contributed by atoms with E-state index in [-0.39, 0.29) is 6.61 Å². The predicted molar refractivity (Wildman–Crippen MR) is 77.9 cm³/mol. The number of aliphatic hydroxyl groups excluding tert-OH is 1. The van der Waals surface area contributed by atoms with E-state index in [0.717, 1.165) is 10.9 Å². The van der Waals surface area contributed by atoms with Crippen molar-refractivity contribution in [2.45, 2.75) is 32.7 Å². The Morgan fingerprint density at radius 3 is 2.65 bits per heavy atom. The molecule has 0 saturated carbocycles. The van der Waals surface area contributed by atoms with E-state index in [1.165, 1.54) is 12.1 Å². The molecule has 0 bridgehead atoms. The second-order valence-corrected chi connectivity index (χ2v) is 5.26. The Morgan fingerprint density at radius 1 is 1.39 bits per heavy atom. The van der Waals surface area contributed by atoms with Crippen molar-refractivity contribution in [1.82, 2.24) is 9.78 Å². The molecule has 0 aliphatic heterocycles. The van der Waals surface area contributed by atoms with Crippen molar-refractivity contribution in [1.29, 1.82) is 0 Å². The second kappa shape index (κ2) is 6.41. The first-order valence-corrected chi connectivity index (χ1v) is 6.90. The van der Waals surface area contributed by atoms with Gasteiger partial charge in [-0.25, -0.2) is 0 Å². The van der Waals surface area contributed by atoms with Gasteiger partial charge in [-0.15, -0.1) is 0 Å². The summed E-state index contributed by atoms with van der Waals surface area (Å²) in [5, 5.41) is 15.1. The number of amides is 1. The highest BCUT2D eigenvalue weighted by molar-refractivity contribution is 6.05. The molecule has 1 heterocycles. The van der Waals surface area contributed by atoms with Gasteiger partial charge in [0, 0.05) is 11.7 Å². The van der Waals surface area contributed by atoms with Crippen LogP contribution in [0.3, 0.4) is 0 Å². The Morgan fingerprint density at radius 2 is 2.09 bits per heavy atom. The van der Waals surface area contributed by atoms with Crippen LogP contribution in [-0.4, -0.2) is 20.8 Å². The minimum absolute atomic E-state index is 0.233. The number of anilines is 1. The van der Waals surface area contributed by atoms with Crippen LogP contribution >= 0.6 is 0 Å². The number of benzene rings is 1. The van der Waals surface area contributed by atoms with Crippen molar-refractivity contribution in [3.63, 3.8) is 0 Å². The second-order valence-electron chi connectivity index (χ2n) is 5.26. The quantitative estimate of drug-likeness (QED) is 0.906. The summed E-state index contributed by atoms with van der Waals surface area (Å²) in [6, 6.07) is 5.69. The molecule has 0 radical (unpaired) electrons. The third-order valence-electron chi connectivity index (χ3n) is 3.17. The van der Waals surface area contributed by atoms with E-state index in [4.69, 9.17) is 5.11 Å². The van der Waals surface area contributed by atoms with E-state index in [1.54, 1.807) is 26.0 Å². The number of alkyl halides is 3. The maximum Gasteiger partial charge on any atom is 0.433 e. The van der Waals surface area contributed by atoms with Crippen LogP contribution in [0.1, 0.15) is 41.5 Å². The molecule has 0 aliphatic carbocycles. The monoisotopic (exact) mass is 327 g/mol. The maximum atomic E-state index is 13.2. The number of aliphatic hydroxyl groups is 1. The average Bonchev–Trinajstić information content (AvgIpc) is 2.92. The summed E-state index contributed by atoms with van der Waals surface area (Å²) in [5.41, 5.74) is -0.785. The van der Waals surface area contributed by atoms with Gasteiger partial charge in [0.25, 0.3) is 5.91 Å². The molecule has 1 aromatic carbocycles. The fourth-order valence-corrected chi connectivity index (χ4v) is 2.15. The fourth-order valence-electron chi connectivity index (χ4n) is 2.15. The molecule has 1 aromatic heterocycles. The zero-order valence-corrected chi connectivity index (χ0v) is 12.6. The van der Waals surface area contributed by atoms with Gasteiger partial charge in [0.1, 0.15) is 0 Å². The molecule has 2 N–H and O–H groups in total. The van der Waals surface area contributed by atoms with Crippen molar-refractivity contribution in [2.24, 2.45) is 0 Å². The number of nitrogens with one attached hydrogen (secondary N) is 1. The normalized spacial score (nSPS) is 11.8. The molecule has 2 aromatic rings. The smallest absolute Gasteiger partial charge is 0.392 e. The van der Waals surface area contributed by atoms with E-state index in [0.29, 0.717) is 11.3 Å². The highest BCUT2D eigenvalue weighted by Gasteiger charge is 2.40. The summed E-state index contributed by atoms with van der Waals surface area (Å²) < 4.78 is 40.5. The summed E-state index contributed by atoms with van der Waals surface area (Å²) in [5.74, 6) is -0.903. The zero-order valence-electron chi connectivity index (χ0n) is 12.6. The van der Waals surface area contributed by atoms with Gasteiger partial charge < -0.3 is 10.4 Å². The Labute approximate surface area is 130 Å². The SMILES string of the molecule is CC(C)n1ncc(C(=O)Nc2cccc(CO)c2)c1C(F)(F)F. The van der Waals surface area contributed by atoms with Crippen molar-refractivity contribution in [3.05, 3.63) is 47.3 Å². The van der Waals surface area contributed by atoms with Crippen molar-refractivity contribution in [3.8, 4) is 0 Å². The van der Waals surface area contributed by atoms with Crippen molar-refractivity contribution >= 4 is 11.6 Å². The lowest BCUT2D eigenvalue weighted by atomic mass is 10.2. The number of nitrogens with zero attached hydrogens (tertiary/aromatic N) is 2. The summed E-state index contributed by atoms with van der Waals surface area (Å²) in [4.78, 5) is 12.2. The van der Waals surface area contributed by atoms with Gasteiger partial charge in [0.05, 0.1) is 18.4 Å². The van der Waals surface area contributed by atoms with Gasteiger partial charge in [-0.1, -0.05) is 12.1 Å². The number of carbonyl (C=O) groups excluding carboxylic acids is 1. The standard InChI is InChI=1S/C15H16F3N3O2/c1-9(2)21-13(15(16,17)18)12(7-19-21)14(23)20-11-5-3-4-10(6-11)8-22/h3-7,9,22H,8H2,1-2H3,(H,20,23). The number of hydrogen-bond donors (Lipinski definition) is 2.